The minimum absolute atomic E-state index is 0.0123. The molecule has 1 unspecified atom stereocenters. The number of aromatic nitrogens is 2. The van der Waals surface area contributed by atoms with Gasteiger partial charge in [0.1, 0.15) is 0 Å². The Morgan fingerprint density at radius 3 is 2.76 bits per heavy atom. The van der Waals surface area contributed by atoms with Gasteiger partial charge in [-0.05, 0) is 31.6 Å². The van der Waals surface area contributed by atoms with Gasteiger partial charge in [-0.2, -0.15) is 5.10 Å². The van der Waals surface area contributed by atoms with Crippen molar-refractivity contribution in [3.63, 3.8) is 0 Å². The Labute approximate surface area is 102 Å². The van der Waals surface area contributed by atoms with Gasteiger partial charge in [0.05, 0.1) is 11.3 Å². The average molecular weight is 235 g/mol. The second-order valence-corrected chi connectivity index (χ2v) is 5.88. The molecule has 1 heterocycles. The molecule has 1 atom stereocenters. The molecule has 0 radical (unpaired) electrons. The summed E-state index contributed by atoms with van der Waals surface area (Å²) in [5.74, 6) is 0.0123. The molecule has 2 rings (SSSR count). The first-order chi connectivity index (χ1) is 7.87. The highest BCUT2D eigenvalue weighted by atomic mass is 16.1. The summed E-state index contributed by atoms with van der Waals surface area (Å²) < 4.78 is 1.68. The van der Waals surface area contributed by atoms with Gasteiger partial charge in [-0.15, -0.1) is 0 Å². The van der Waals surface area contributed by atoms with Crippen molar-refractivity contribution in [1.82, 2.24) is 15.1 Å². The van der Waals surface area contributed by atoms with Gasteiger partial charge in [-0.1, -0.05) is 13.8 Å². The van der Waals surface area contributed by atoms with Crippen molar-refractivity contribution in [2.75, 3.05) is 0 Å². The minimum Gasteiger partial charge on any atom is -0.349 e. The average Bonchev–Trinajstić information content (AvgIpc) is 2.69. The van der Waals surface area contributed by atoms with Crippen LogP contribution in [0.5, 0.6) is 0 Å². The normalized spacial score (nSPS) is 22.7. The summed E-state index contributed by atoms with van der Waals surface area (Å²) in [6, 6.07) is 0.317. The van der Waals surface area contributed by atoms with E-state index in [-0.39, 0.29) is 5.91 Å². The van der Waals surface area contributed by atoms with E-state index in [2.05, 4.69) is 24.3 Å². The predicted octanol–water partition coefficient (Wildman–Crippen LogP) is 2.04. The van der Waals surface area contributed by atoms with E-state index in [1.54, 1.807) is 10.9 Å². The van der Waals surface area contributed by atoms with Crippen LogP contribution in [0.25, 0.3) is 0 Å². The van der Waals surface area contributed by atoms with E-state index in [0.29, 0.717) is 17.0 Å². The molecule has 1 aliphatic carbocycles. The van der Waals surface area contributed by atoms with Crippen LogP contribution in [0, 0.1) is 12.3 Å². The number of amides is 1. The van der Waals surface area contributed by atoms with Crippen LogP contribution in [0.4, 0.5) is 0 Å². The first kappa shape index (κ1) is 12.1. The summed E-state index contributed by atoms with van der Waals surface area (Å²) in [5, 5.41) is 7.30. The monoisotopic (exact) mass is 235 g/mol. The van der Waals surface area contributed by atoms with E-state index in [0.717, 1.165) is 18.5 Å². The van der Waals surface area contributed by atoms with Crippen LogP contribution in [0.3, 0.4) is 0 Å². The van der Waals surface area contributed by atoms with Gasteiger partial charge in [0.25, 0.3) is 5.91 Å². The number of carbonyl (C=O) groups excluding carboxylic acids is 1. The third-order valence-electron chi connectivity index (χ3n) is 3.56. The molecular weight excluding hydrogens is 214 g/mol. The molecule has 0 aliphatic heterocycles. The van der Waals surface area contributed by atoms with Crippen LogP contribution < -0.4 is 5.32 Å². The lowest BCUT2D eigenvalue weighted by Crippen LogP contribution is -2.33. The maximum absolute atomic E-state index is 12.1. The lowest BCUT2D eigenvalue weighted by Gasteiger charge is -2.17. The topological polar surface area (TPSA) is 46.9 Å². The Balaban J connectivity index is 2.01. The van der Waals surface area contributed by atoms with Gasteiger partial charge < -0.3 is 5.32 Å². The fourth-order valence-electron chi connectivity index (χ4n) is 2.64. The van der Waals surface area contributed by atoms with Crippen molar-refractivity contribution >= 4 is 5.91 Å². The fraction of sp³-hybridized carbons (Fsp3) is 0.692. The molecule has 1 aromatic heterocycles. The van der Waals surface area contributed by atoms with E-state index in [1.165, 1.54) is 6.42 Å². The number of hydrogen-bond acceptors (Lipinski definition) is 2. The zero-order valence-corrected chi connectivity index (χ0v) is 11.1. The molecule has 4 nitrogen and oxygen atoms in total. The molecule has 0 aromatic carbocycles. The first-order valence-corrected chi connectivity index (χ1v) is 6.18. The molecule has 4 heteroatoms. The van der Waals surface area contributed by atoms with E-state index < -0.39 is 0 Å². The van der Waals surface area contributed by atoms with Gasteiger partial charge in [-0.25, -0.2) is 0 Å². The third-order valence-corrected chi connectivity index (χ3v) is 3.56. The molecule has 1 aromatic rings. The SMILES string of the molecule is Cc1nn(C)cc1C(=O)NC1CCC(C)(C)C1. The second-order valence-electron chi connectivity index (χ2n) is 5.88. The molecule has 1 N–H and O–H groups in total. The largest absolute Gasteiger partial charge is 0.349 e. The molecule has 1 saturated carbocycles. The zero-order valence-electron chi connectivity index (χ0n) is 11.1. The van der Waals surface area contributed by atoms with Crippen LogP contribution in [0.15, 0.2) is 6.20 Å². The van der Waals surface area contributed by atoms with E-state index >= 15 is 0 Å². The van der Waals surface area contributed by atoms with Gasteiger partial charge in [0.2, 0.25) is 0 Å². The maximum atomic E-state index is 12.1. The molecule has 94 valence electrons. The van der Waals surface area contributed by atoms with E-state index in [4.69, 9.17) is 0 Å². The minimum atomic E-state index is 0.0123. The van der Waals surface area contributed by atoms with Crippen molar-refractivity contribution in [1.29, 1.82) is 0 Å². The molecular formula is C13H21N3O. The van der Waals surface area contributed by atoms with Gasteiger partial charge in [-0.3, -0.25) is 9.48 Å². The molecule has 0 saturated heterocycles. The number of nitrogens with zero attached hydrogens (tertiary/aromatic N) is 2. The van der Waals surface area contributed by atoms with Crippen molar-refractivity contribution in [3.05, 3.63) is 17.5 Å². The van der Waals surface area contributed by atoms with Gasteiger partial charge in [0, 0.05) is 19.3 Å². The summed E-state index contributed by atoms with van der Waals surface area (Å²) in [6.07, 6.45) is 5.12. The maximum Gasteiger partial charge on any atom is 0.254 e. The third kappa shape index (κ3) is 2.68. The van der Waals surface area contributed by atoms with E-state index in [1.807, 2.05) is 14.0 Å². The second kappa shape index (κ2) is 4.17. The highest BCUT2D eigenvalue weighted by Gasteiger charge is 2.32. The number of hydrogen-bond donors (Lipinski definition) is 1. The highest BCUT2D eigenvalue weighted by molar-refractivity contribution is 5.95. The summed E-state index contributed by atoms with van der Waals surface area (Å²) in [5.41, 5.74) is 1.85. The standard InChI is InChI=1S/C13H21N3O/c1-9-11(8-16(4)15-9)12(17)14-10-5-6-13(2,3)7-10/h8,10H,5-7H2,1-4H3,(H,14,17). The van der Waals surface area contributed by atoms with Crippen LogP contribution in [0.1, 0.15) is 49.2 Å². The Bertz CT molecular complexity index is 434. The number of carbonyl (C=O) groups is 1. The highest BCUT2D eigenvalue weighted by Crippen LogP contribution is 2.36. The Hall–Kier alpha value is -1.32. The lowest BCUT2D eigenvalue weighted by molar-refractivity contribution is 0.0935. The summed E-state index contributed by atoms with van der Waals surface area (Å²) in [7, 11) is 1.84. The molecule has 1 aliphatic rings. The molecule has 0 bridgehead atoms. The first-order valence-electron chi connectivity index (χ1n) is 6.18. The number of rotatable bonds is 2. The van der Waals surface area contributed by atoms with Gasteiger partial charge in [0.15, 0.2) is 0 Å². The molecule has 0 spiro atoms. The van der Waals surface area contributed by atoms with Crippen molar-refractivity contribution in [3.8, 4) is 0 Å². The molecule has 1 fully saturated rings. The molecule has 1 amide bonds. The lowest BCUT2D eigenvalue weighted by atomic mass is 9.92. The predicted molar refractivity (Wildman–Crippen MR) is 66.8 cm³/mol. The van der Waals surface area contributed by atoms with Crippen molar-refractivity contribution in [2.45, 2.75) is 46.1 Å². The van der Waals surface area contributed by atoms with Crippen LogP contribution >= 0.6 is 0 Å². The summed E-state index contributed by atoms with van der Waals surface area (Å²) in [6.45, 7) is 6.39. The quantitative estimate of drug-likeness (QED) is 0.852. The Morgan fingerprint density at radius 1 is 1.59 bits per heavy atom. The van der Waals surface area contributed by atoms with Crippen molar-refractivity contribution in [2.24, 2.45) is 12.5 Å². The summed E-state index contributed by atoms with van der Waals surface area (Å²) in [4.78, 5) is 12.1. The zero-order chi connectivity index (χ0) is 12.6. The fourth-order valence-corrected chi connectivity index (χ4v) is 2.64. The van der Waals surface area contributed by atoms with Gasteiger partial charge >= 0.3 is 0 Å². The van der Waals surface area contributed by atoms with Crippen LogP contribution in [0.2, 0.25) is 0 Å². The Morgan fingerprint density at radius 2 is 2.29 bits per heavy atom. The number of aryl methyl sites for hydroxylation is 2. The smallest absolute Gasteiger partial charge is 0.254 e. The van der Waals surface area contributed by atoms with Crippen molar-refractivity contribution < 1.29 is 4.79 Å². The van der Waals surface area contributed by atoms with E-state index in [9.17, 15) is 4.79 Å². The van der Waals surface area contributed by atoms with Crippen LogP contribution in [-0.2, 0) is 7.05 Å². The molecule has 17 heavy (non-hydrogen) atoms. The number of nitrogens with one attached hydrogen (secondary N) is 1. The summed E-state index contributed by atoms with van der Waals surface area (Å²) >= 11 is 0. The Kier molecular flexibility index (Phi) is 2.98. The van der Waals surface area contributed by atoms with Crippen LogP contribution in [-0.4, -0.2) is 21.7 Å².